The van der Waals surface area contributed by atoms with E-state index < -0.39 is 9.84 Å². The Kier molecular flexibility index (Phi) is 4.68. The molecule has 2 aliphatic rings. The number of aryl methyl sites for hydroxylation is 1. The van der Waals surface area contributed by atoms with Crippen LogP contribution in [-0.4, -0.2) is 88.1 Å². The highest BCUT2D eigenvalue weighted by atomic mass is 32.2. The molecule has 0 aliphatic carbocycles. The van der Waals surface area contributed by atoms with Crippen molar-refractivity contribution in [1.29, 1.82) is 0 Å². The molecule has 0 spiro atoms. The quantitative estimate of drug-likeness (QED) is 0.722. The largest absolute Gasteiger partial charge is 0.336 e. The van der Waals surface area contributed by atoms with Gasteiger partial charge in [0.1, 0.15) is 0 Å². The minimum absolute atomic E-state index is 0.0563. The van der Waals surface area contributed by atoms with E-state index in [1.54, 1.807) is 17.7 Å². The molecule has 9 nitrogen and oxygen atoms in total. The summed E-state index contributed by atoms with van der Waals surface area (Å²) < 4.78 is 25.0. The monoisotopic (exact) mass is 390 g/mol. The fraction of sp³-hybridized carbons (Fsp3) is 0.529. The Labute approximate surface area is 157 Å². The number of aromatic nitrogens is 4. The van der Waals surface area contributed by atoms with E-state index in [1.165, 1.54) is 0 Å². The molecule has 2 saturated heterocycles. The standard InChI is InChI=1S/C17H22N6O3S/c1-13-18-19-20-23(13)16-5-3-2-4-15(16)17(24)22-9-7-21(8-10-22)14-6-11-27(25,26)12-14/h2-5,14H,6-12H2,1H3. The normalized spacial score (nSPS) is 22.9. The average molecular weight is 390 g/mol. The Morgan fingerprint density at radius 1 is 1.15 bits per heavy atom. The van der Waals surface area contributed by atoms with E-state index in [9.17, 15) is 13.2 Å². The Balaban J connectivity index is 1.47. The Hall–Kier alpha value is -2.33. The van der Waals surface area contributed by atoms with Crippen LogP contribution >= 0.6 is 0 Å². The zero-order chi connectivity index (χ0) is 19.0. The van der Waals surface area contributed by atoms with Crippen molar-refractivity contribution in [1.82, 2.24) is 30.0 Å². The van der Waals surface area contributed by atoms with Crippen LogP contribution in [0.15, 0.2) is 24.3 Å². The third kappa shape index (κ3) is 3.59. The number of benzene rings is 1. The van der Waals surface area contributed by atoms with Crippen molar-refractivity contribution in [3.05, 3.63) is 35.7 Å². The molecule has 1 atom stereocenters. The van der Waals surface area contributed by atoms with E-state index in [4.69, 9.17) is 0 Å². The topological polar surface area (TPSA) is 101 Å². The fourth-order valence-corrected chi connectivity index (χ4v) is 5.58. The van der Waals surface area contributed by atoms with Crippen LogP contribution in [-0.2, 0) is 9.84 Å². The molecule has 10 heteroatoms. The van der Waals surface area contributed by atoms with Gasteiger partial charge in [0.05, 0.1) is 22.8 Å². The van der Waals surface area contributed by atoms with Gasteiger partial charge in [-0.15, -0.1) is 5.10 Å². The lowest BCUT2D eigenvalue weighted by Gasteiger charge is -2.37. The molecule has 1 unspecified atom stereocenters. The first-order valence-corrected chi connectivity index (χ1v) is 10.8. The zero-order valence-corrected chi connectivity index (χ0v) is 16.0. The summed E-state index contributed by atoms with van der Waals surface area (Å²) in [7, 11) is -2.90. The van der Waals surface area contributed by atoms with Crippen LogP contribution in [0.1, 0.15) is 22.6 Å². The van der Waals surface area contributed by atoms with Crippen LogP contribution in [0, 0.1) is 6.92 Å². The molecule has 27 heavy (non-hydrogen) atoms. The summed E-state index contributed by atoms with van der Waals surface area (Å²) in [6.45, 7) is 4.34. The number of tetrazole rings is 1. The first-order valence-electron chi connectivity index (χ1n) is 9.03. The molecular formula is C17H22N6O3S. The molecule has 0 radical (unpaired) electrons. The van der Waals surface area contributed by atoms with Crippen LogP contribution in [0.4, 0.5) is 0 Å². The highest BCUT2D eigenvalue weighted by Crippen LogP contribution is 2.21. The van der Waals surface area contributed by atoms with Crippen LogP contribution in [0.25, 0.3) is 5.69 Å². The van der Waals surface area contributed by atoms with Gasteiger partial charge >= 0.3 is 0 Å². The summed E-state index contributed by atoms with van der Waals surface area (Å²) in [6.07, 6.45) is 0.692. The number of carbonyl (C=O) groups is 1. The smallest absolute Gasteiger partial charge is 0.256 e. The van der Waals surface area contributed by atoms with Gasteiger partial charge in [-0.2, -0.15) is 4.68 Å². The zero-order valence-electron chi connectivity index (χ0n) is 15.2. The van der Waals surface area contributed by atoms with Gasteiger partial charge in [0.2, 0.25) is 0 Å². The Morgan fingerprint density at radius 3 is 2.52 bits per heavy atom. The summed E-state index contributed by atoms with van der Waals surface area (Å²) in [6, 6.07) is 7.38. The predicted octanol–water partition coefficient (Wildman–Crippen LogP) is -0.0844. The van der Waals surface area contributed by atoms with E-state index in [0.717, 1.165) is 0 Å². The Morgan fingerprint density at radius 2 is 1.89 bits per heavy atom. The second kappa shape index (κ2) is 7.01. The third-order valence-electron chi connectivity index (χ3n) is 5.31. The van der Waals surface area contributed by atoms with Crippen molar-refractivity contribution in [3.8, 4) is 5.69 Å². The summed E-state index contributed by atoms with van der Waals surface area (Å²) >= 11 is 0. The molecule has 144 valence electrons. The molecule has 1 amide bonds. The van der Waals surface area contributed by atoms with Crippen LogP contribution < -0.4 is 0 Å². The molecule has 1 aromatic carbocycles. The third-order valence-corrected chi connectivity index (χ3v) is 7.06. The van der Waals surface area contributed by atoms with Crippen molar-refractivity contribution in [2.75, 3.05) is 37.7 Å². The number of carbonyl (C=O) groups excluding carboxylic acids is 1. The summed E-state index contributed by atoms with van der Waals surface area (Å²) in [4.78, 5) is 17.1. The first kappa shape index (κ1) is 18.1. The van der Waals surface area contributed by atoms with Gasteiger partial charge in [0, 0.05) is 32.2 Å². The number of hydrogen-bond acceptors (Lipinski definition) is 7. The highest BCUT2D eigenvalue weighted by molar-refractivity contribution is 7.91. The van der Waals surface area contributed by atoms with Crippen LogP contribution in [0.3, 0.4) is 0 Å². The average Bonchev–Trinajstić information content (AvgIpc) is 3.26. The number of nitrogens with zero attached hydrogens (tertiary/aromatic N) is 6. The van der Waals surface area contributed by atoms with Gasteiger partial charge in [-0.3, -0.25) is 9.69 Å². The highest BCUT2D eigenvalue weighted by Gasteiger charge is 2.34. The molecule has 0 saturated carbocycles. The SMILES string of the molecule is Cc1nnnn1-c1ccccc1C(=O)N1CCN(C2CCS(=O)(=O)C2)CC1. The number of piperazine rings is 1. The van der Waals surface area contributed by atoms with Crippen molar-refractivity contribution in [2.45, 2.75) is 19.4 Å². The molecule has 2 fully saturated rings. The van der Waals surface area contributed by atoms with Crippen molar-refractivity contribution in [2.24, 2.45) is 0 Å². The number of hydrogen-bond donors (Lipinski definition) is 0. The lowest BCUT2D eigenvalue weighted by Crippen LogP contribution is -2.52. The van der Waals surface area contributed by atoms with Crippen molar-refractivity contribution >= 4 is 15.7 Å². The van der Waals surface area contributed by atoms with E-state index in [-0.39, 0.29) is 23.5 Å². The van der Waals surface area contributed by atoms with Crippen molar-refractivity contribution < 1.29 is 13.2 Å². The summed E-state index contributed by atoms with van der Waals surface area (Å²) in [5, 5.41) is 11.5. The molecule has 4 rings (SSSR count). The summed E-state index contributed by atoms with van der Waals surface area (Å²) in [5.41, 5.74) is 1.22. The number of sulfone groups is 1. The maximum Gasteiger partial charge on any atom is 0.256 e. The maximum absolute atomic E-state index is 13.1. The van der Waals surface area contributed by atoms with Crippen LogP contribution in [0.5, 0.6) is 0 Å². The van der Waals surface area contributed by atoms with Crippen molar-refractivity contribution in [3.63, 3.8) is 0 Å². The van der Waals surface area contributed by atoms with E-state index in [0.29, 0.717) is 49.7 Å². The Bertz CT molecular complexity index is 949. The molecule has 0 bridgehead atoms. The second-order valence-corrected chi connectivity index (χ2v) is 9.27. The first-order chi connectivity index (χ1) is 12.9. The fourth-order valence-electron chi connectivity index (χ4n) is 3.82. The molecule has 1 aromatic heterocycles. The number of rotatable bonds is 3. The van der Waals surface area contributed by atoms with Crippen LogP contribution in [0.2, 0.25) is 0 Å². The number of amides is 1. The lowest BCUT2D eigenvalue weighted by molar-refractivity contribution is 0.0587. The second-order valence-electron chi connectivity index (χ2n) is 7.04. The molecule has 2 aliphatic heterocycles. The minimum Gasteiger partial charge on any atom is -0.336 e. The molecule has 0 N–H and O–H groups in total. The van der Waals surface area contributed by atoms with Gasteiger partial charge in [-0.1, -0.05) is 12.1 Å². The molecular weight excluding hydrogens is 368 g/mol. The number of para-hydroxylation sites is 1. The van der Waals surface area contributed by atoms with Gasteiger partial charge in [0.25, 0.3) is 5.91 Å². The van der Waals surface area contributed by atoms with Gasteiger partial charge < -0.3 is 4.90 Å². The predicted molar refractivity (Wildman–Crippen MR) is 98.4 cm³/mol. The van der Waals surface area contributed by atoms with Gasteiger partial charge in [-0.05, 0) is 35.9 Å². The van der Waals surface area contributed by atoms with E-state index >= 15 is 0 Å². The van der Waals surface area contributed by atoms with Gasteiger partial charge in [-0.25, -0.2) is 8.42 Å². The molecule has 2 aromatic rings. The molecule has 3 heterocycles. The lowest BCUT2D eigenvalue weighted by atomic mass is 10.1. The van der Waals surface area contributed by atoms with E-state index in [2.05, 4.69) is 20.4 Å². The van der Waals surface area contributed by atoms with E-state index in [1.807, 2.05) is 23.1 Å². The minimum atomic E-state index is -2.90. The maximum atomic E-state index is 13.1. The van der Waals surface area contributed by atoms with Gasteiger partial charge in [0.15, 0.2) is 15.7 Å². The summed E-state index contributed by atoms with van der Waals surface area (Å²) in [5.74, 6) is 1.07.